The summed E-state index contributed by atoms with van der Waals surface area (Å²) >= 11 is 3.36. The summed E-state index contributed by atoms with van der Waals surface area (Å²) in [4.78, 5) is 7.37. The molecule has 0 N–H and O–H groups in total. The van der Waals surface area contributed by atoms with Crippen LogP contribution in [0, 0.1) is 0 Å². The molecule has 0 unspecified atom stereocenters. The molecule has 0 radical (unpaired) electrons. The number of hydrogen-bond acceptors (Lipinski definition) is 5. The minimum absolute atomic E-state index is 0.156. The van der Waals surface area contributed by atoms with Crippen molar-refractivity contribution in [1.29, 1.82) is 0 Å². The lowest BCUT2D eigenvalue weighted by Gasteiger charge is -2.11. The molecule has 0 aliphatic carbocycles. The average Bonchev–Trinajstić information content (AvgIpc) is 3.17. The Morgan fingerprint density at radius 2 is 2.12 bits per heavy atom. The van der Waals surface area contributed by atoms with Crippen LogP contribution in [0.1, 0.15) is 11.5 Å². The monoisotopic (exact) mass is 402 g/mol. The number of nitrogens with zero attached hydrogens (tertiary/aromatic N) is 4. The Morgan fingerprint density at radius 1 is 1.33 bits per heavy atom. The zero-order valence-corrected chi connectivity index (χ0v) is 13.8. The highest BCUT2D eigenvalue weighted by Crippen LogP contribution is 2.31. The number of halogens is 4. The molecule has 3 rings (SSSR count). The molecule has 0 fully saturated rings. The Balaban J connectivity index is 1.92. The fourth-order valence-electron chi connectivity index (χ4n) is 2.07. The third-order valence-electron chi connectivity index (χ3n) is 3.22. The van der Waals surface area contributed by atoms with E-state index in [4.69, 9.17) is 4.74 Å². The molecule has 0 saturated heterocycles. The normalized spacial score (nSPS) is 11.7. The Labute approximate surface area is 142 Å². The lowest BCUT2D eigenvalue weighted by atomic mass is 10.1. The second-order valence-electron chi connectivity index (χ2n) is 4.79. The van der Waals surface area contributed by atoms with E-state index in [0.717, 1.165) is 10.2 Å². The molecule has 2 heterocycles. The van der Waals surface area contributed by atoms with E-state index < -0.39 is 12.1 Å². The van der Waals surface area contributed by atoms with Gasteiger partial charge in [0.05, 0.1) is 26.2 Å². The molecule has 0 spiro atoms. The van der Waals surface area contributed by atoms with Gasteiger partial charge >= 0.3 is 12.1 Å². The fourth-order valence-corrected chi connectivity index (χ4v) is 2.41. The molecule has 0 atom stereocenters. The first-order valence-electron chi connectivity index (χ1n) is 6.62. The number of alkyl halides is 3. The molecule has 126 valence electrons. The molecule has 0 saturated carbocycles. The van der Waals surface area contributed by atoms with E-state index >= 15 is 0 Å². The summed E-state index contributed by atoms with van der Waals surface area (Å²) in [7, 11) is 1.48. The quantitative estimate of drug-likeness (QED) is 0.664. The molecule has 0 aliphatic rings. The van der Waals surface area contributed by atoms with E-state index in [0.29, 0.717) is 17.9 Å². The molecule has 3 aromatic rings. The first-order chi connectivity index (χ1) is 11.4. The second-order valence-corrected chi connectivity index (χ2v) is 5.60. The van der Waals surface area contributed by atoms with Crippen LogP contribution in [0.25, 0.3) is 11.4 Å². The molecule has 24 heavy (non-hydrogen) atoms. The Morgan fingerprint density at radius 3 is 2.71 bits per heavy atom. The number of ether oxygens (including phenoxy) is 1. The first-order valence-corrected chi connectivity index (χ1v) is 7.41. The maximum absolute atomic E-state index is 12.5. The molecule has 0 aliphatic heterocycles. The summed E-state index contributed by atoms with van der Waals surface area (Å²) in [6.07, 6.45) is -1.38. The van der Waals surface area contributed by atoms with E-state index in [1.54, 1.807) is 30.7 Å². The molecular formula is C14H10BrF3N4O2. The largest absolute Gasteiger partial charge is 0.496 e. The van der Waals surface area contributed by atoms with Gasteiger partial charge in [-0.2, -0.15) is 18.2 Å². The van der Waals surface area contributed by atoms with Gasteiger partial charge in [0, 0.05) is 11.1 Å². The van der Waals surface area contributed by atoms with Gasteiger partial charge in [0.2, 0.25) is 5.82 Å². The van der Waals surface area contributed by atoms with Crippen molar-refractivity contribution in [2.45, 2.75) is 12.7 Å². The van der Waals surface area contributed by atoms with Crippen LogP contribution in [-0.2, 0) is 12.7 Å². The number of benzene rings is 1. The molecular weight excluding hydrogens is 393 g/mol. The summed E-state index contributed by atoms with van der Waals surface area (Å²) < 4.78 is 49.8. The minimum Gasteiger partial charge on any atom is -0.496 e. The van der Waals surface area contributed by atoms with Crippen molar-refractivity contribution in [3.05, 3.63) is 46.8 Å². The summed E-state index contributed by atoms with van der Waals surface area (Å²) in [5.41, 5.74) is 1.18. The van der Waals surface area contributed by atoms with Crippen molar-refractivity contribution in [1.82, 2.24) is 19.7 Å². The number of imidazole rings is 1. The lowest BCUT2D eigenvalue weighted by Crippen LogP contribution is -2.05. The fraction of sp³-hybridized carbons (Fsp3) is 0.214. The summed E-state index contributed by atoms with van der Waals surface area (Å²) in [6, 6.07) is 4.89. The van der Waals surface area contributed by atoms with Gasteiger partial charge in [-0.1, -0.05) is 17.3 Å². The van der Waals surface area contributed by atoms with Crippen LogP contribution < -0.4 is 4.74 Å². The smallest absolute Gasteiger partial charge is 0.471 e. The van der Waals surface area contributed by atoms with Gasteiger partial charge < -0.3 is 13.8 Å². The molecule has 6 nitrogen and oxygen atoms in total. The third kappa shape index (κ3) is 3.28. The van der Waals surface area contributed by atoms with Crippen molar-refractivity contribution in [3.63, 3.8) is 0 Å². The summed E-state index contributed by atoms with van der Waals surface area (Å²) in [6.45, 7) is 0.476. The minimum atomic E-state index is -4.68. The van der Waals surface area contributed by atoms with E-state index in [-0.39, 0.29) is 5.82 Å². The molecule has 1 aromatic carbocycles. The molecule has 2 aromatic heterocycles. The van der Waals surface area contributed by atoms with E-state index in [1.807, 2.05) is 4.57 Å². The Hall–Kier alpha value is -2.36. The highest BCUT2D eigenvalue weighted by molar-refractivity contribution is 9.10. The predicted molar refractivity (Wildman–Crippen MR) is 80.3 cm³/mol. The maximum Gasteiger partial charge on any atom is 0.471 e. The van der Waals surface area contributed by atoms with Gasteiger partial charge in [-0.25, -0.2) is 4.98 Å². The maximum atomic E-state index is 12.5. The molecule has 0 bridgehead atoms. The van der Waals surface area contributed by atoms with Gasteiger partial charge in [-0.05, 0) is 22.0 Å². The van der Waals surface area contributed by atoms with Crippen LogP contribution >= 0.6 is 15.9 Å². The topological polar surface area (TPSA) is 66.0 Å². The molecule has 0 amide bonds. The molecule has 10 heteroatoms. The van der Waals surface area contributed by atoms with Crippen molar-refractivity contribution in [3.8, 4) is 17.1 Å². The number of aromatic nitrogens is 4. The standard InChI is InChI=1S/C14H10BrF3N4O2/c1-23-10-4-8(12-20-13(24-21-12)14(16,17)18)2-3-9(10)6-22-7-19-5-11(22)15/h2-5,7H,6H2,1H3. The summed E-state index contributed by atoms with van der Waals surface area (Å²) in [5.74, 6) is -1.05. The highest BCUT2D eigenvalue weighted by Gasteiger charge is 2.38. The van der Waals surface area contributed by atoms with Gasteiger partial charge in [-0.15, -0.1) is 0 Å². The van der Waals surface area contributed by atoms with Crippen LogP contribution in [-0.4, -0.2) is 26.8 Å². The summed E-state index contributed by atoms with van der Waals surface area (Å²) in [5, 5.41) is 3.36. The highest BCUT2D eigenvalue weighted by atomic mass is 79.9. The van der Waals surface area contributed by atoms with E-state index in [2.05, 4.69) is 35.6 Å². The van der Waals surface area contributed by atoms with E-state index in [9.17, 15) is 13.2 Å². The van der Waals surface area contributed by atoms with Crippen molar-refractivity contribution in [2.24, 2.45) is 0 Å². The van der Waals surface area contributed by atoms with Crippen molar-refractivity contribution < 1.29 is 22.4 Å². The number of rotatable bonds is 4. The van der Waals surface area contributed by atoms with Gasteiger partial charge in [0.25, 0.3) is 0 Å². The zero-order chi connectivity index (χ0) is 17.3. The van der Waals surface area contributed by atoms with E-state index in [1.165, 1.54) is 7.11 Å². The van der Waals surface area contributed by atoms with Crippen LogP contribution in [0.4, 0.5) is 13.2 Å². The SMILES string of the molecule is COc1cc(-c2noc(C(F)(F)F)n2)ccc1Cn1cncc1Br. The van der Waals surface area contributed by atoms with Crippen LogP contribution in [0.3, 0.4) is 0 Å². The third-order valence-corrected chi connectivity index (χ3v) is 3.88. The lowest BCUT2D eigenvalue weighted by molar-refractivity contribution is -0.159. The average molecular weight is 403 g/mol. The van der Waals surface area contributed by atoms with Crippen LogP contribution in [0.5, 0.6) is 5.75 Å². The van der Waals surface area contributed by atoms with Gasteiger partial charge in [0.1, 0.15) is 10.4 Å². The Bertz CT molecular complexity index is 860. The predicted octanol–water partition coefficient (Wildman–Crippen LogP) is 3.77. The van der Waals surface area contributed by atoms with Crippen molar-refractivity contribution in [2.75, 3.05) is 7.11 Å². The van der Waals surface area contributed by atoms with Gasteiger partial charge in [0.15, 0.2) is 0 Å². The second kappa shape index (κ2) is 6.27. The number of hydrogen-bond donors (Lipinski definition) is 0. The first kappa shape index (κ1) is 16.5. The number of methoxy groups -OCH3 is 1. The zero-order valence-electron chi connectivity index (χ0n) is 12.2. The van der Waals surface area contributed by atoms with Crippen LogP contribution in [0.15, 0.2) is 39.8 Å². The van der Waals surface area contributed by atoms with Crippen molar-refractivity contribution >= 4 is 15.9 Å². The van der Waals surface area contributed by atoms with Gasteiger partial charge in [-0.3, -0.25) is 0 Å². The Kier molecular flexibility index (Phi) is 4.31. The van der Waals surface area contributed by atoms with Crippen LogP contribution in [0.2, 0.25) is 0 Å².